The van der Waals surface area contributed by atoms with Gasteiger partial charge in [-0.2, -0.15) is 0 Å². The zero-order valence-electron chi connectivity index (χ0n) is 46.9. The molecule has 414 valence electrons. The second-order valence-electron chi connectivity index (χ2n) is 21.2. The van der Waals surface area contributed by atoms with Crippen molar-refractivity contribution in [3.63, 3.8) is 0 Å². The molecule has 0 aromatic heterocycles. The van der Waals surface area contributed by atoms with Crippen molar-refractivity contribution in [3.8, 4) is 11.5 Å². The zero-order chi connectivity index (χ0) is 52.6. The molecule has 8 nitrogen and oxygen atoms in total. The van der Waals surface area contributed by atoms with Crippen molar-refractivity contribution in [2.24, 2.45) is 0 Å². The molecule has 0 spiro atoms. The third kappa shape index (κ3) is 29.0. The number of carbonyl (C=O) groups excluding carboxylic acids is 2. The molecule has 1 aliphatic rings. The van der Waals surface area contributed by atoms with Crippen molar-refractivity contribution in [1.82, 2.24) is 0 Å². The van der Waals surface area contributed by atoms with Gasteiger partial charge in [-0.05, 0) is 33.1 Å². The molecule has 0 heterocycles. The standard InChI is InChI=1S/C64H103ClO8/c1-7-9-11-13-15-17-19-21-23-25-27-29-31-33-35-39-45-68-48-55(72-63(66)52(3)4)50-70-61-57-41-37-38-42-58(57)62(60-47-54(65)43-44-59(60)61)71-51-56(73-64(67)53(5)6)49-69-46-40-36-34-32-30-28-26-24-22-20-18-16-14-12-10-8-2/h37-38,41-43,55-56H,3,5,7-36,39-40,44-51H2,1-2,4,6H3. The van der Waals surface area contributed by atoms with Crippen LogP contribution in [0, 0.1) is 0 Å². The minimum absolute atomic E-state index is 0.0889. The van der Waals surface area contributed by atoms with Crippen LogP contribution < -0.4 is 9.47 Å². The van der Waals surface area contributed by atoms with Gasteiger partial charge in [0.1, 0.15) is 24.7 Å². The Morgan fingerprint density at radius 3 is 1.12 bits per heavy atom. The number of hydrogen-bond acceptors (Lipinski definition) is 8. The SMILES string of the molecule is C=C(C)C(=O)OC(COCCCCCCCCCCCCCCCCCC)COc1c2c(c(OCC(COCCCCCCCCCCCCCCCCCC)OC(=O)C(=C)C)c3ccccc13)CC(Cl)=CC2. The first-order valence-electron chi connectivity index (χ1n) is 29.7. The maximum absolute atomic E-state index is 12.8. The van der Waals surface area contributed by atoms with E-state index in [2.05, 4.69) is 27.0 Å². The van der Waals surface area contributed by atoms with E-state index in [9.17, 15) is 9.59 Å². The number of fused-ring (bicyclic) bond motifs is 2. The van der Waals surface area contributed by atoms with E-state index in [0.717, 1.165) is 47.6 Å². The van der Waals surface area contributed by atoms with Crippen LogP contribution in [0.4, 0.5) is 0 Å². The molecular weight excluding hydrogens is 932 g/mol. The summed E-state index contributed by atoms with van der Waals surface area (Å²) < 4.78 is 37.3. The summed E-state index contributed by atoms with van der Waals surface area (Å²) in [7, 11) is 0. The van der Waals surface area contributed by atoms with Crippen molar-refractivity contribution < 1.29 is 38.0 Å². The molecule has 0 radical (unpaired) electrons. The van der Waals surface area contributed by atoms with Gasteiger partial charge in [-0.15, -0.1) is 0 Å². The van der Waals surface area contributed by atoms with Crippen molar-refractivity contribution in [2.75, 3.05) is 39.6 Å². The number of unbranched alkanes of at least 4 members (excludes halogenated alkanes) is 30. The molecule has 2 unspecified atom stereocenters. The number of halogens is 1. The van der Waals surface area contributed by atoms with Gasteiger partial charge in [0.2, 0.25) is 0 Å². The third-order valence-corrected chi connectivity index (χ3v) is 14.5. The summed E-state index contributed by atoms with van der Waals surface area (Å²) in [4.78, 5) is 25.6. The van der Waals surface area contributed by atoms with E-state index in [0.29, 0.717) is 53.7 Å². The lowest BCUT2D eigenvalue weighted by atomic mass is 9.90. The molecule has 0 amide bonds. The Morgan fingerprint density at radius 1 is 0.479 bits per heavy atom. The van der Waals surface area contributed by atoms with E-state index in [1.54, 1.807) is 13.8 Å². The Labute approximate surface area is 450 Å². The molecule has 1 aliphatic carbocycles. The molecule has 0 N–H and O–H groups in total. The van der Waals surface area contributed by atoms with Crippen LogP contribution in [0.25, 0.3) is 10.8 Å². The molecule has 0 fully saturated rings. The third-order valence-electron chi connectivity index (χ3n) is 14.2. The molecule has 0 saturated heterocycles. The van der Waals surface area contributed by atoms with Crippen LogP contribution in [0.2, 0.25) is 0 Å². The summed E-state index contributed by atoms with van der Waals surface area (Å²) in [6, 6.07) is 7.96. The first-order valence-corrected chi connectivity index (χ1v) is 30.1. The number of hydrogen-bond donors (Lipinski definition) is 0. The number of benzene rings is 2. The second kappa shape index (κ2) is 41.9. The van der Waals surface area contributed by atoms with Crippen LogP contribution in [0.15, 0.2) is 59.7 Å². The van der Waals surface area contributed by atoms with Crippen LogP contribution >= 0.6 is 11.6 Å². The van der Waals surface area contributed by atoms with Crippen molar-refractivity contribution in [3.05, 3.63) is 70.8 Å². The number of ether oxygens (including phenoxy) is 6. The summed E-state index contributed by atoms with van der Waals surface area (Å²) >= 11 is 6.74. The summed E-state index contributed by atoms with van der Waals surface area (Å²) in [6.07, 6.45) is 43.8. The van der Waals surface area contributed by atoms with Gasteiger partial charge in [0, 0.05) is 57.7 Å². The number of esters is 2. The fraction of sp³-hybridized carbons (Fsp3) is 0.719. The highest BCUT2D eigenvalue weighted by Crippen LogP contribution is 2.45. The fourth-order valence-corrected chi connectivity index (χ4v) is 9.90. The van der Waals surface area contributed by atoms with Crippen LogP contribution in [-0.4, -0.2) is 63.8 Å². The Balaban J connectivity index is 1.49. The smallest absolute Gasteiger partial charge is 0.333 e. The lowest BCUT2D eigenvalue weighted by Crippen LogP contribution is -2.31. The van der Waals surface area contributed by atoms with Crippen molar-refractivity contribution >= 4 is 34.3 Å². The first-order chi connectivity index (χ1) is 35.7. The normalized spacial score (nSPS) is 13.1. The molecule has 2 aromatic rings. The van der Waals surface area contributed by atoms with E-state index < -0.39 is 24.1 Å². The number of allylic oxidation sites excluding steroid dienone is 2. The Bertz CT molecular complexity index is 1840. The van der Waals surface area contributed by atoms with Gasteiger partial charge in [-0.3, -0.25) is 0 Å². The Hall–Kier alpha value is -3.33. The second-order valence-corrected chi connectivity index (χ2v) is 21.7. The predicted molar refractivity (Wildman–Crippen MR) is 306 cm³/mol. The van der Waals surface area contributed by atoms with Crippen LogP contribution in [-0.2, 0) is 41.4 Å². The monoisotopic (exact) mass is 1030 g/mol. The van der Waals surface area contributed by atoms with E-state index >= 15 is 0 Å². The average molecular weight is 1040 g/mol. The summed E-state index contributed by atoms with van der Waals surface area (Å²) in [5, 5.41) is 2.41. The minimum Gasteiger partial charge on any atom is -0.489 e. The lowest BCUT2D eigenvalue weighted by Gasteiger charge is -2.27. The fourth-order valence-electron chi connectivity index (χ4n) is 9.69. The largest absolute Gasteiger partial charge is 0.489 e. The summed E-state index contributed by atoms with van der Waals surface area (Å²) in [5.74, 6) is 0.420. The van der Waals surface area contributed by atoms with Crippen LogP contribution in [0.5, 0.6) is 11.5 Å². The molecular formula is C64H103ClO8. The zero-order valence-corrected chi connectivity index (χ0v) is 47.6. The summed E-state index contributed by atoms with van der Waals surface area (Å²) in [6.45, 7) is 17.3. The van der Waals surface area contributed by atoms with Gasteiger partial charge in [0.15, 0.2) is 12.2 Å². The topological polar surface area (TPSA) is 89.5 Å². The van der Waals surface area contributed by atoms with Crippen molar-refractivity contribution in [1.29, 1.82) is 0 Å². The molecule has 9 heteroatoms. The first kappa shape index (κ1) is 64.0. The molecule has 0 aliphatic heterocycles. The van der Waals surface area contributed by atoms with Gasteiger partial charge in [0.25, 0.3) is 0 Å². The highest BCUT2D eigenvalue weighted by molar-refractivity contribution is 6.30. The average Bonchev–Trinajstić information content (AvgIpc) is 3.38. The predicted octanol–water partition coefficient (Wildman–Crippen LogP) is 18.4. The highest BCUT2D eigenvalue weighted by atomic mass is 35.5. The molecule has 3 rings (SSSR count). The van der Waals surface area contributed by atoms with Crippen LogP contribution in [0.1, 0.15) is 244 Å². The quantitative estimate of drug-likeness (QED) is 0.0368. The molecule has 73 heavy (non-hydrogen) atoms. The molecule has 0 bridgehead atoms. The number of carbonyl (C=O) groups is 2. The lowest BCUT2D eigenvalue weighted by molar-refractivity contribution is -0.150. The number of rotatable bonds is 48. The van der Waals surface area contributed by atoms with Gasteiger partial charge in [0.05, 0.1) is 13.2 Å². The maximum Gasteiger partial charge on any atom is 0.333 e. The maximum atomic E-state index is 12.8. The Morgan fingerprint density at radius 2 is 0.795 bits per heavy atom. The van der Waals surface area contributed by atoms with Crippen molar-refractivity contribution in [2.45, 2.75) is 258 Å². The van der Waals surface area contributed by atoms with E-state index in [-0.39, 0.29) is 26.4 Å². The van der Waals surface area contributed by atoms with Crippen LogP contribution in [0.3, 0.4) is 0 Å². The van der Waals surface area contributed by atoms with E-state index in [1.165, 1.54) is 180 Å². The summed E-state index contributed by atoms with van der Waals surface area (Å²) in [5.41, 5.74) is 2.51. The van der Waals surface area contributed by atoms with Gasteiger partial charge >= 0.3 is 11.9 Å². The van der Waals surface area contributed by atoms with E-state index in [4.69, 9.17) is 40.0 Å². The minimum atomic E-state index is -0.645. The highest BCUT2D eigenvalue weighted by Gasteiger charge is 2.27. The molecule has 0 saturated carbocycles. The van der Waals surface area contributed by atoms with Gasteiger partial charge < -0.3 is 28.4 Å². The van der Waals surface area contributed by atoms with Gasteiger partial charge in [-0.1, -0.05) is 262 Å². The van der Waals surface area contributed by atoms with E-state index in [1.807, 2.05) is 30.3 Å². The molecule has 2 atom stereocenters. The van der Waals surface area contributed by atoms with Gasteiger partial charge in [-0.25, -0.2) is 9.59 Å². The Kier molecular flexibility index (Phi) is 36.7. The molecule has 2 aromatic carbocycles.